The molecule has 1 aliphatic rings. The molecule has 2 aromatic rings. The normalized spacial score (nSPS) is 15.4. The number of pyridine rings is 1. The summed E-state index contributed by atoms with van der Waals surface area (Å²) >= 11 is 0. The number of sulfonamides is 1. The molecule has 1 amide bonds. The minimum absolute atomic E-state index is 0.00422. The van der Waals surface area contributed by atoms with Crippen LogP contribution in [0.5, 0.6) is 11.5 Å². The zero-order valence-electron chi connectivity index (χ0n) is 17.8. The van der Waals surface area contributed by atoms with Gasteiger partial charge in [0.15, 0.2) is 11.5 Å². The second kappa shape index (κ2) is 9.43. The molecule has 0 saturated carbocycles. The quantitative estimate of drug-likeness (QED) is 0.609. The fraction of sp³-hybridized carbons (Fsp3) is 0.400. The van der Waals surface area contributed by atoms with Crippen molar-refractivity contribution in [3.05, 3.63) is 52.4 Å². The third-order valence-electron chi connectivity index (χ3n) is 5.22. The van der Waals surface area contributed by atoms with Gasteiger partial charge in [-0.15, -0.1) is 0 Å². The molecule has 1 aromatic carbocycles. The molecular formula is C20H22F3N3O6S. The Labute approximate surface area is 188 Å². The first-order chi connectivity index (χ1) is 15.5. The molecule has 0 atom stereocenters. The molecule has 0 aliphatic carbocycles. The minimum Gasteiger partial charge on any atom is -0.493 e. The monoisotopic (exact) mass is 489 g/mol. The first-order valence-corrected chi connectivity index (χ1v) is 11.2. The molecule has 0 spiro atoms. The first kappa shape index (κ1) is 24.6. The highest BCUT2D eigenvalue weighted by molar-refractivity contribution is 7.89. The van der Waals surface area contributed by atoms with Crippen molar-refractivity contribution >= 4 is 15.9 Å². The lowest BCUT2D eigenvalue weighted by atomic mass is 10.2. The number of methoxy groups -OCH3 is 2. The van der Waals surface area contributed by atoms with Gasteiger partial charge in [0.2, 0.25) is 15.9 Å². The van der Waals surface area contributed by atoms with Crippen LogP contribution in [0.3, 0.4) is 0 Å². The fourth-order valence-corrected chi connectivity index (χ4v) is 4.86. The van der Waals surface area contributed by atoms with Crippen molar-refractivity contribution in [2.24, 2.45) is 0 Å². The van der Waals surface area contributed by atoms with Crippen LogP contribution in [0.2, 0.25) is 0 Å². The van der Waals surface area contributed by atoms with Crippen molar-refractivity contribution in [1.82, 2.24) is 13.8 Å². The maximum Gasteiger partial charge on any atom is 0.421 e. The minimum atomic E-state index is -4.83. The first-order valence-electron chi connectivity index (χ1n) is 9.75. The van der Waals surface area contributed by atoms with E-state index in [2.05, 4.69) is 0 Å². The van der Waals surface area contributed by atoms with E-state index in [-0.39, 0.29) is 36.8 Å². The summed E-state index contributed by atoms with van der Waals surface area (Å²) in [7, 11) is -1.07. The van der Waals surface area contributed by atoms with Gasteiger partial charge in [0.05, 0.1) is 19.1 Å². The SMILES string of the molecule is COc1ccc(S(=O)(=O)N2CCN(C(=O)Cn3cccc(C(F)(F)F)c3=O)CC2)cc1OC. The van der Waals surface area contributed by atoms with Crippen LogP contribution in [0.4, 0.5) is 13.2 Å². The lowest BCUT2D eigenvalue weighted by Gasteiger charge is -2.34. The van der Waals surface area contributed by atoms with Gasteiger partial charge in [0.25, 0.3) is 5.56 Å². The highest BCUT2D eigenvalue weighted by Crippen LogP contribution is 2.31. The molecule has 9 nitrogen and oxygen atoms in total. The summed E-state index contributed by atoms with van der Waals surface area (Å²) in [5.41, 5.74) is -2.67. The van der Waals surface area contributed by atoms with Crippen molar-refractivity contribution in [3.8, 4) is 11.5 Å². The Morgan fingerprint density at radius 3 is 2.24 bits per heavy atom. The summed E-state index contributed by atoms with van der Waals surface area (Å²) in [5, 5.41) is 0. The van der Waals surface area contributed by atoms with Crippen LogP contribution in [0.1, 0.15) is 5.56 Å². The zero-order valence-corrected chi connectivity index (χ0v) is 18.6. The molecule has 3 rings (SSSR count). The Bertz CT molecular complexity index is 1190. The van der Waals surface area contributed by atoms with E-state index < -0.39 is 39.8 Å². The number of carbonyl (C=O) groups excluding carboxylic acids is 1. The molecule has 1 fully saturated rings. The van der Waals surface area contributed by atoms with Gasteiger partial charge in [-0.1, -0.05) is 0 Å². The number of hydrogen-bond acceptors (Lipinski definition) is 6. The number of carbonyl (C=O) groups is 1. The molecule has 1 saturated heterocycles. The van der Waals surface area contributed by atoms with Crippen molar-refractivity contribution in [2.75, 3.05) is 40.4 Å². The highest BCUT2D eigenvalue weighted by Gasteiger charge is 2.35. The van der Waals surface area contributed by atoms with Crippen molar-refractivity contribution in [1.29, 1.82) is 0 Å². The summed E-state index contributed by atoms with van der Waals surface area (Å²) in [6, 6.07) is 5.89. The van der Waals surface area contributed by atoms with E-state index >= 15 is 0 Å². The number of ether oxygens (including phenoxy) is 2. The fourth-order valence-electron chi connectivity index (χ4n) is 3.43. The second-order valence-corrected chi connectivity index (χ2v) is 9.09. The summed E-state index contributed by atoms with van der Waals surface area (Å²) in [6.45, 7) is -0.552. The Balaban J connectivity index is 1.69. The van der Waals surface area contributed by atoms with Gasteiger partial charge in [0.1, 0.15) is 12.1 Å². The topological polar surface area (TPSA) is 98.2 Å². The van der Waals surface area contributed by atoms with Gasteiger partial charge in [-0.2, -0.15) is 17.5 Å². The van der Waals surface area contributed by atoms with Gasteiger partial charge in [-0.05, 0) is 24.3 Å². The van der Waals surface area contributed by atoms with Gasteiger partial charge >= 0.3 is 6.18 Å². The summed E-state index contributed by atoms with van der Waals surface area (Å²) in [5.74, 6) is 0.0372. The Morgan fingerprint density at radius 1 is 1.03 bits per heavy atom. The van der Waals surface area contributed by atoms with Crippen molar-refractivity contribution in [3.63, 3.8) is 0 Å². The largest absolute Gasteiger partial charge is 0.493 e. The molecule has 0 bridgehead atoms. The Kier molecular flexibility index (Phi) is 7.03. The van der Waals surface area contributed by atoms with Crippen LogP contribution < -0.4 is 15.0 Å². The summed E-state index contributed by atoms with van der Waals surface area (Å²) in [4.78, 5) is 25.9. The zero-order chi connectivity index (χ0) is 24.4. The molecule has 0 unspecified atom stereocenters. The number of alkyl halides is 3. The highest BCUT2D eigenvalue weighted by atomic mass is 32.2. The van der Waals surface area contributed by atoms with Gasteiger partial charge in [0, 0.05) is 38.4 Å². The van der Waals surface area contributed by atoms with Crippen LogP contribution in [-0.4, -0.2) is 68.5 Å². The van der Waals surface area contributed by atoms with Crippen LogP contribution >= 0.6 is 0 Å². The molecule has 180 valence electrons. The van der Waals surface area contributed by atoms with Gasteiger partial charge in [-0.3, -0.25) is 9.59 Å². The Hall–Kier alpha value is -3.06. The molecule has 0 N–H and O–H groups in total. The average molecular weight is 489 g/mol. The number of nitrogens with zero attached hydrogens (tertiary/aromatic N) is 3. The summed E-state index contributed by atoms with van der Waals surface area (Å²) in [6.07, 6.45) is -3.72. The molecule has 0 radical (unpaired) electrons. The predicted molar refractivity (Wildman–Crippen MR) is 111 cm³/mol. The number of benzene rings is 1. The average Bonchev–Trinajstić information content (AvgIpc) is 2.79. The van der Waals surface area contributed by atoms with Gasteiger partial charge < -0.3 is 18.9 Å². The van der Waals surface area contributed by atoms with Crippen LogP contribution in [0.25, 0.3) is 0 Å². The molecule has 33 heavy (non-hydrogen) atoms. The van der Waals surface area contributed by atoms with Crippen LogP contribution in [0, 0.1) is 0 Å². The summed E-state index contributed by atoms with van der Waals surface area (Å²) < 4.78 is 76.9. The van der Waals surface area contributed by atoms with Crippen LogP contribution in [-0.2, 0) is 27.5 Å². The molecule has 1 aromatic heterocycles. The van der Waals surface area contributed by atoms with Crippen molar-refractivity contribution < 1.29 is 35.9 Å². The number of piperazine rings is 1. The number of halogens is 3. The second-order valence-electron chi connectivity index (χ2n) is 7.15. The van der Waals surface area contributed by atoms with E-state index in [0.29, 0.717) is 16.4 Å². The van der Waals surface area contributed by atoms with E-state index in [9.17, 15) is 31.2 Å². The van der Waals surface area contributed by atoms with Gasteiger partial charge in [-0.25, -0.2) is 8.42 Å². The number of hydrogen-bond donors (Lipinski definition) is 0. The number of rotatable bonds is 6. The lowest BCUT2D eigenvalue weighted by Crippen LogP contribution is -2.51. The van der Waals surface area contributed by atoms with E-state index in [1.165, 1.54) is 41.6 Å². The maximum atomic E-state index is 13.0. The Morgan fingerprint density at radius 2 is 1.67 bits per heavy atom. The van der Waals surface area contributed by atoms with E-state index in [1.54, 1.807) is 0 Å². The smallest absolute Gasteiger partial charge is 0.421 e. The van der Waals surface area contributed by atoms with E-state index in [4.69, 9.17) is 9.47 Å². The predicted octanol–water partition coefficient (Wildman–Crippen LogP) is 1.42. The number of aromatic nitrogens is 1. The lowest BCUT2D eigenvalue weighted by molar-refractivity contribution is -0.139. The van der Waals surface area contributed by atoms with Crippen molar-refractivity contribution in [2.45, 2.75) is 17.6 Å². The molecule has 1 aliphatic heterocycles. The van der Waals surface area contributed by atoms with E-state index in [0.717, 1.165) is 12.3 Å². The molecule has 2 heterocycles. The number of amides is 1. The molecule has 13 heteroatoms. The maximum absolute atomic E-state index is 13.0. The standard InChI is InChI=1S/C20H22F3N3O6S/c1-31-16-6-5-14(12-17(16)32-2)33(29,30)26-10-8-24(9-11-26)18(27)13-25-7-3-4-15(19(25)28)20(21,22)23/h3-7,12H,8-11,13H2,1-2H3. The van der Waals surface area contributed by atoms with E-state index in [1.807, 2.05) is 0 Å². The third kappa shape index (κ3) is 5.14. The third-order valence-corrected chi connectivity index (χ3v) is 7.11. The molecular weight excluding hydrogens is 467 g/mol. The van der Waals surface area contributed by atoms with Crippen LogP contribution in [0.15, 0.2) is 46.2 Å².